The van der Waals surface area contributed by atoms with Crippen molar-refractivity contribution in [1.82, 2.24) is 0 Å². The molecular weight excluding hydrogens is 344 g/mol. The molecule has 0 aliphatic heterocycles. The third-order valence-corrected chi connectivity index (χ3v) is 3.95. The van der Waals surface area contributed by atoms with Crippen LogP contribution >= 0.6 is 0 Å². The molecule has 27 heavy (non-hydrogen) atoms. The van der Waals surface area contributed by atoms with Crippen LogP contribution in [-0.2, 0) is 11.2 Å². The van der Waals surface area contributed by atoms with Crippen LogP contribution in [0.15, 0.2) is 78.9 Å². The zero-order valence-corrected chi connectivity index (χ0v) is 14.5. The number of non-ortho nitro benzene ring substituents is 1. The van der Waals surface area contributed by atoms with Gasteiger partial charge in [0.25, 0.3) is 11.6 Å². The van der Waals surface area contributed by atoms with Crippen molar-refractivity contribution in [3.05, 3.63) is 100 Å². The number of nitrogens with one attached hydrogen (secondary N) is 1. The molecule has 0 bridgehead atoms. The highest BCUT2D eigenvalue weighted by Crippen LogP contribution is 2.20. The largest absolute Gasteiger partial charge is 0.484 e. The standard InChI is InChI=1S/C21H18N2O4/c24-21(15-27-19-12-10-18(11-13-19)23(25)26)22-20-9-5-4-8-17(20)14-16-6-2-1-3-7-16/h1-13H,14-15H2,(H,22,24). The maximum atomic E-state index is 12.2. The molecule has 0 fully saturated rings. The molecule has 1 N–H and O–H groups in total. The molecule has 0 heterocycles. The lowest BCUT2D eigenvalue weighted by atomic mass is 10.0. The first-order valence-electron chi connectivity index (χ1n) is 8.41. The van der Waals surface area contributed by atoms with Crippen LogP contribution in [0.4, 0.5) is 11.4 Å². The van der Waals surface area contributed by atoms with E-state index in [2.05, 4.69) is 5.32 Å². The second-order valence-corrected chi connectivity index (χ2v) is 5.91. The minimum atomic E-state index is -0.486. The van der Waals surface area contributed by atoms with E-state index < -0.39 is 4.92 Å². The number of nitrogens with zero attached hydrogens (tertiary/aromatic N) is 1. The number of para-hydroxylation sites is 1. The van der Waals surface area contributed by atoms with E-state index in [1.165, 1.54) is 24.3 Å². The van der Waals surface area contributed by atoms with Gasteiger partial charge in [-0.05, 0) is 35.7 Å². The topological polar surface area (TPSA) is 81.5 Å². The molecule has 0 saturated carbocycles. The number of hydrogen-bond acceptors (Lipinski definition) is 4. The van der Waals surface area contributed by atoms with Crippen molar-refractivity contribution in [3.8, 4) is 5.75 Å². The van der Waals surface area contributed by atoms with Crippen molar-refractivity contribution in [3.63, 3.8) is 0 Å². The van der Waals surface area contributed by atoms with Crippen LogP contribution in [0.3, 0.4) is 0 Å². The number of ether oxygens (including phenoxy) is 1. The van der Waals surface area contributed by atoms with Crippen molar-refractivity contribution in [2.75, 3.05) is 11.9 Å². The smallest absolute Gasteiger partial charge is 0.269 e. The van der Waals surface area contributed by atoms with Gasteiger partial charge in [0.05, 0.1) is 4.92 Å². The summed E-state index contributed by atoms with van der Waals surface area (Å²) in [5, 5.41) is 13.5. The Balaban J connectivity index is 1.60. The first-order chi connectivity index (χ1) is 13.1. The molecule has 0 radical (unpaired) electrons. The van der Waals surface area contributed by atoms with Crippen molar-refractivity contribution in [2.45, 2.75) is 6.42 Å². The van der Waals surface area contributed by atoms with Crippen molar-refractivity contribution in [1.29, 1.82) is 0 Å². The lowest BCUT2D eigenvalue weighted by Gasteiger charge is -2.12. The third kappa shape index (κ3) is 5.15. The Labute approximate surface area is 156 Å². The van der Waals surface area contributed by atoms with E-state index in [0.29, 0.717) is 12.2 Å². The van der Waals surface area contributed by atoms with Gasteiger partial charge in [-0.25, -0.2) is 0 Å². The van der Waals surface area contributed by atoms with Gasteiger partial charge in [0.1, 0.15) is 5.75 Å². The monoisotopic (exact) mass is 362 g/mol. The second kappa shape index (κ2) is 8.62. The molecular formula is C21H18N2O4. The Bertz CT molecular complexity index is 924. The molecule has 6 nitrogen and oxygen atoms in total. The molecule has 6 heteroatoms. The lowest BCUT2D eigenvalue weighted by Crippen LogP contribution is -2.21. The second-order valence-electron chi connectivity index (χ2n) is 5.91. The molecule has 0 atom stereocenters. The Kier molecular flexibility index (Phi) is 5.79. The first kappa shape index (κ1) is 18.1. The number of nitro benzene ring substituents is 1. The third-order valence-electron chi connectivity index (χ3n) is 3.95. The van der Waals surface area contributed by atoms with Crippen LogP contribution in [0.25, 0.3) is 0 Å². The van der Waals surface area contributed by atoms with Gasteiger partial charge in [-0.1, -0.05) is 48.5 Å². The summed E-state index contributed by atoms with van der Waals surface area (Å²) in [7, 11) is 0. The van der Waals surface area contributed by atoms with Gasteiger partial charge in [0, 0.05) is 17.8 Å². The molecule has 0 saturated heterocycles. The Morgan fingerprint density at radius 2 is 1.59 bits per heavy atom. The van der Waals surface area contributed by atoms with Gasteiger partial charge in [0.2, 0.25) is 0 Å². The summed E-state index contributed by atoms with van der Waals surface area (Å²) < 4.78 is 5.40. The highest BCUT2D eigenvalue weighted by atomic mass is 16.6. The number of carbonyl (C=O) groups excluding carboxylic acids is 1. The maximum Gasteiger partial charge on any atom is 0.269 e. The molecule has 0 unspecified atom stereocenters. The molecule has 0 aromatic heterocycles. The van der Waals surface area contributed by atoms with Crippen LogP contribution in [0.1, 0.15) is 11.1 Å². The lowest BCUT2D eigenvalue weighted by molar-refractivity contribution is -0.384. The van der Waals surface area contributed by atoms with E-state index in [-0.39, 0.29) is 18.2 Å². The van der Waals surface area contributed by atoms with Crippen LogP contribution in [0.5, 0.6) is 5.75 Å². The van der Waals surface area contributed by atoms with Gasteiger partial charge >= 0.3 is 0 Å². The van der Waals surface area contributed by atoms with E-state index in [0.717, 1.165) is 16.8 Å². The molecule has 3 aromatic carbocycles. The molecule has 3 aromatic rings. The summed E-state index contributed by atoms with van der Waals surface area (Å²) in [6, 6.07) is 23.2. The van der Waals surface area contributed by atoms with E-state index in [9.17, 15) is 14.9 Å². The molecule has 0 aliphatic carbocycles. The van der Waals surface area contributed by atoms with Gasteiger partial charge in [0.15, 0.2) is 6.61 Å². The van der Waals surface area contributed by atoms with E-state index in [4.69, 9.17) is 4.74 Å². The number of rotatable bonds is 7. The van der Waals surface area contributed by atoms with Gasteiger partial charge in [-0.3, -0.25) is 14.9 Å². The average molecular weight is 362 g/mol. The summed E-state index contributed by atoms with van der Waals surface area (Å²) in [6.07, 6.45) is 0.709. The molecule has 0 aliphatic rings. The number of anilines is 1. The van der Waals surface area contributed by atoms with Crippen molar-refractivity contribution >= 4 is 17.3 Å². The molecule has 0 spiro atoms. The number of hydrogen-bond donors (Lipinski definition) is 1. The fourth-order valence-electron chi connectivity index (χ4n) is 2.61. The molecule has 1 amide bonds. The van der Waals surface area contributed by atoms with E-state index >= 15 is 0 Å². The minimum absolute atomic E-state index is 0.0263. The van der Waals surface area contributed by atoms with Crippen LogP contribution < -0.4 is 10.1 Å². The van der Waals surface area contributed by atoms with Crippen LogP contribution in [0.2, 0.25) is 0 Å². The zero-order valence-electron chi connectivity index (χ0n) is 14.5. The number of nitro groups is 1. The van der Waals surface area contributed by atoms with Crippen molar-refractivity contribution in [2.24, 2.45) is 0 Å². The fraction of sp³-hybridized carbons (Fsp3) is 0.0952. The average Bonchev–Trinajstić information content (AvgIpc) is 2.69. The highest BCUT2D eigenvalue weighted by Gasteiger charge is 2.09. The quantitative estimate of drug-likeness (QED) is 0.504. The Hall–Kier alpha value is -3.67. The first-order valence-corrected chi connectivity index (χ1v) is 8.41. The summed E-state index contributed by atoms with van der Waals surface area (Å²) >= 11 is 0. The Morgan fingerprint density at radius 1 is 0.926 bits per heavy atom. The zero-order chi connectivity index (χ0) is 19.1. The summed E-state index contributed by atoms with van der Waals surface area (Å²) in [6.45, 7) is -0.183. The fourth-order valence-corrected chi connectivity index (χ4v) is 2.61. The number of carbonyl (C=O) groups is 1. The van der Waals surface area contributed by atoms with Crippen molar-refractivity contribution < 1.29 is 14.5 Å². The van der Waals surface area contributed by atoms with E-state index in [1.54, 1.807) is 0 Å². The van der Waals surface area contributed by atoms with Crippen LogP contribution in [-0.4, -0.2) is 17.4 Å². The predicted molar refractivity (Wildman–Crippen MR) is 103 cm³/mol. The summed E-state index contributed by atoms with van der Waals surface area (Å²) in [5.74, 6) is 0.0992. The molecule has 136 valence electrons. The van der Waals surface area contributed by atoms with E-state index in [1.807, 2.05) is 54.6 Å². The number of benzene rings is 3. The predicted octanol–water partition coefficient (Wildman–Crippen LogP) is 4.20. The van der Waals surface area contributed by atoms with Gasteiger partial charge in [-0.15, -0.1) is 0 Å². The summed E-state index contributed by atoms with van der Waals surface area (Å²) in [4.78, 5) is 22.4. The highest BCUT2D eigenvalue weighted by molar-refractivity contribution is 5.92. The summed E-state index contributed by atoms with van der Waals surface area (Å²) in [5.41, 5.74) is 2.87. The van der Waals surface area contributed by atoms with Crippen LogP contribution in [0, 0.1) is 10.1 Å². The number of amides is 1. The Morgan fingerprint density at radius 3 is 2.30 bits per heavy atom. The molecule has 3 rings (SSSR count). The minimum Gasteiger partial charge on any atom is -0.484 e. The normalized spacial score (nSPS) is 10.2. The SMILES string of the molecule is O=C(COc1ccc([N+](=O)[O-])cc1)Nc1ccccc1Cc1ccccc1. The maximum absolute atomic E-state index is 12.2. The van der Waals surface area contributed by atoms with Gasteiger partial charge in [-0.2, -0.15) is 0 Å². The van der Waals surface area contributed by atoms with Gasteiger partial charge < -0.3 is 10.1 Å².